The number of hydrogen-bond acceptors (Lipinski definition) is 5. The first-order valence-corrected chi connectivity index (χ1v) is 7.84. The molecular formula is C15H27N5. The maximum atomic E-state index is 4.74. The minimum Gasteiger partial charge on any atom is -0.339 e. The Morgan fingerprint density at radius 1 is 1.25 bits per heavy atom. The van der Waals surface area contributed by atoms with Gasteiger partial charge in [0.25, 0.3) is 0 Å². The van der Waals surface area contributed by atoms with Crippen LogP contribution in [0.5, 0.6) is 0 Å². The van der Waals surface area contributed by atoms with Gasteiger partial charge in [-0.25, -0.2) is 4.98 Å². The van der Waals surface area contributed by atoms with E-state index in [0.29, 0.717) is 12.0 Å². The molecule has 5 nitrogen and oxygen atoms in total. The Hall–Kier alpha value is -1.23. The van der Waals surface area contributed by atoms with E-state index < -0.39 is 0 Å². The summed E-state index contributed by atoms with van der Waals surface area (Å²) in [6, 6.07) is 0.534. The van der Waals surface area contributed by atoms with Gasteiger partial charge < -0.3 is 10.2 Å². The van der Waals surface area contributed by atoms with Crippen molar-refractivity contribution in [2.24, 2.45) is 5.92 Å². The average Bonchev–Trinajstić information content (AvgIpc) is 2.53. The number of aryl methyl sites for hydroxylation is 2. The molecule has 0 aromatic carbocycles. The Morgan fingerprint density at radius 3 is 2.65 bits per heavy atom. The van der Waals surface area contributed by atoms with Crippen molar-refractivity contribution in [2.45, 2.75) is 52.5 Å². The summed E-state index contributed by atoms with van der Waals surface area (Å²) in [6.07, 6.45) is 4.31. The van der Waals surface area contributed by atoms with Crippen LogP contribution in [0.3, 0.4) is 0 Å². The van der Waals surface area contributed by atoms with Gasteiger partial charge in [0.05, 0.1) is 11.4 Å². The number of anilines is 1. The van der Waals surface area contributed by atoms with E-state index in [9.17, 15) is 0 Å². The summed E-state index contributed by atoms with van der Waals surface area (Å²) < 4.78 is 0. The molecule has 2 unspecified atom stereocenters. The predicted octanol–water partition coefficient (Wildman–Crippen LogP) is 1.82. The lowest BCUT2D eigenvalue weighted by molar-refractivity contribution is 0.330. The van der Waals surface area contributed by atoms with Crippen molar-refractivity contribution in [3.8, 4) is 0 Å². The largest absolute Gasteiger partial charge is 0.339 e. The summed E-state index contributed by atoms with van der Waals surface area (Å²) in [5.74, 6) is 1.47. The molecule has 0 spiro atoms. The molecule has 0 bridgehead atoms. The molecule has 2 rings (SSSR count). The smallest absolute Gasteiger partial charge is 0.245 e. The molecule has 0 aliphatic carbocycles. The second-order valence-corrected chi connectivity index (χ2v) is 5.64. The molecule has 0 saturated carbocycles. The second kappa shape index (κ2) is 6.97. The third-order valence-corrected chi connectivity index (χ3v) is 4.40. The van der Waals surface area contributed by atoms with Gasteiger partial charge in [-0.15, -0.1) is 5.10 Å². The topological polar surface area (TPSA) is 53.9 Å². The molecule has 2 atom stereocenters. The van der Waals surface area contributed by atoms with E-state index in [1.807, 2.05) is 7.05 Å². The Morgan fingerprint density at radius 2 is 2.00 bits per heavy atom. The maximum absolute atomic E-state index is 4.74. The van der Waals surface area contributed by atoms with Crippen LogP contribution < -0.4 is 10.2 Å². The van der Waals surface area contributed by atoms with Crippen LogP contribution in [0.25, 0.3) is 0 Å². The molecular weight excluding hydrogens is 250 g/mol. The molecule has 1 aliphatic rings. The number of hydrogen-bond donors (Lipinski definition) is 1. The normalized spacial score (nSPS) is 21.0. The van der Waals surface area contributed by atoms with Crippen LogP contribution >= 0.6 is 0 Å². The summed E-state index contributed by atoms with van der Waals surface area (Å²) in [5, 5.41) is 12.1. The van der Waals surface area contributed by atoms with E-state index >= 15 is 0 Å². The molecule has 2 heterocycles. The number of nitrogens with one attached hydrogen (secondary N) is 1. The van der Waals surface area contributed by atoms with E-state index in [4.69, 9.17) is 4.98 Å². The molecule has 1 aromatic rings. The number of nitrogens with zero attached hydrogens (tertiary/aromatic N) is 4. The Labute approximate surface area is 122 Å². The van der Waals surface area contributed by atoms with Crippen LogP contribution in [0, 0.1) is 5.92 Å². The number of rotatable bonds is 5. The minimum absolute atomic E-state index is 0.534. The molecule has 1 aliphatic heterocycles. The zero-order chi connectivity index (χ0) is 14.5. The van der Waals surface area contributed by atoms with Crippen LogP contribution in [-0.2, 0) is 12.8 Å². The van der Waals surface area contributed by atoms with E-state index in [1.54, 1.807) is 0 Å². The van der Waals surface area contributed by atoms with E-state index in [0.717, 1.165) is 43.3 Å². The summed E-state index contributed by atoms with van der Waals surface area (Å²) in [6.45, 7) is 8.57. The first-order valence-electron chi connectivity index (χ1n) is 7.84. The SMILES string of the molecule is CCc1nnc(N2CCCC(C(C)NC)C2)nc1CC. The Kier molecular flexibility index (Phi) is 5.29. The highest BCUT2D eigenvalue weighted by Gasteiger charge is 2.25. The van der Waals surface area contributed by atoms with E-state index in [1.165, 1.54) is 12.8 Å². The Bertz CT molecular complexity index is 434. The maximum Gasteiger partial charge on any atom is 0.245 e. The van der Waals surface area contributed by atoms with Crippen molar-refractivity contribution in [1.82, 2.24) is 20.5 Å². The quantitative estimate of drug-likeness (QED) is 0.890. The van der Waals surface area contributed by atoms with Crippen molar-refractivity contribution in [1.29, 1.82) is 0 Å². The average molecular weight is 277 g/mol. The highest BCUT2D eigenvalue weighted by Crippen LogP contribution is 2.23. The van der Waals surface area contributed by atoms with Gasteiger partial charge in [-0.1, -0.05) is 13.8 Å². The van der Waals surface area contributed by atoms with Crippen LogP contribution in [0.1, 0.15) is 45.0 Å². The van der Waals surface area contributed by atoms with Crippen LogP contribution in [0.2, 0.25) is 0 Å². The number of aromatic nitrogens is 3. The fraction of sp³-hybridized carbons (Fsp3) is 0.800. The predicted molar refractivity (Wildman–Crippen MR) is 82.0 cm³/mol. The summed E-state index contributed by atoms with van der Waals surface area (Å²) >= 11 is 0. The zero-order valence-corrected chi connectivity index (χ0v) is 13.2. The highest BCUT2D eigenvalue weighted by molar-refractivity contribution is 5.31. The molecule has 1 N–H and O–H groups in total. The van der Waals surface area contributed by atoms with Gasteiger partial charge in [0.2, 0.25) is 5.95 Å². The first kappa shape index (κ1) is 15.2. The van der Waals surface area contributed by atoms with Crippen molar-refractivity contribution in [2.75, 3.05) is 25.0 Å². The highest BCUT2D eigenvalue weighted by atomic mass is 15.3. The van der Waals surface area contributed by atoms with Gasteiger partial charge in [0, 0.05) is 19.1 Å². The fourth-order valence-corrected chi connectivity index (χ4v) is 2.90. The molecule has 0 radical (unpaired) electrons. The molecule has 1 aromatic heterocycles. The lowest BCUT2D eigenvalue weighted by Crippen LogP contribution is -2.44. The zero-order valence-electron chi connectivity index (χ0n) is 13.2. The van der Waals surface area contributed by atoms with Gasteiger partial charge in [0.15, 0.2) is 0 Å². The van der Waals surface area contributed by atoms with Crippen LogP contribution in [0.15, 0.2) is 0 Å². The van der Waals surface area contributed by atoms with Gasteiger partial charge in [-0.2, -0.15) is 5.10 Å². The first-order chi connectivity index (χ1) is 9.69. The second-order valence-electron chi connectivity index (χ2n) is 5.64. The van der Waals surface area contributed by atoms with Crippen LogP contribution in [0.4, 0.5) is 5.95 Å². The van der Waals surface area contributed by atoms with Gasteiger partial charge in [-0.05, 0) is 45.6 Å². The molecule has 1 saturated heterocycles. The van der Waals surface area contributed by atoms with Gasteiger partial charge >= 0.3 is 0 Å². The monoisotopic (exact) mass is 277 g/mol. The molecule has 0 amide bonds. The molecule has 112 valence electrons. The summed E-state index contributed by atoms with van der Waals surface area (Å²) in [4.78, 5) is 7.04. The van der Waals surface area contributed by atoms with Crippen molar-refractivity contribution >= 4 is 5.95 Å². The third-order valence-electron chi connectivity index (χ3n) is 4.40. The molecule has 1 fully saturated rings. The van der Waals surface area contributed by atoms with Crippen molar-refractivity contribution in [3.05, 3.63) is 11.4 Å². The van der Waals surface area contributed by atoms with Crippen molar-refractivity contribution < 1.29 is 0 Å². The van der Waals surface area contributed by atoms with Crippen LogP contribution in [-0.4, -0.2) is 41.4 Å². The fourth-order valence-electron chi connectivity index (χ4n) is 2.90. The summed E-state index contributed by atoms with van der Waals surface area (Å²) in [5.41, 5.74) is 2.13. The molecule has 20 heavy (non-hydrogen) atoms. The van der Waals surface area contributed by atoms with Gasteiger partial charge in [0.1, 0.15) is 0 Å². The van der Waals surface area contributed by atoms with Crippen molar-refractivity contribution in [3.63, 3.8) is 0 Å². The number of piperidine rings is 1. The Balaban J connectivity index is 2.14. The molecule has 5 heteroatoms. The minimum atomic E-state index is 0.534. The van der Waals surface area contributed by atoms with E-state index in [-0.39, 0.29) is 0 Å². The van der Waals surface area contributed by atoms with E-state index in [2.05, 4.69) is 41.2 Å². The lowest BCUT2D eigenvalue weighted by Gasteiger charge is -2.35. The van der Waals surface area contributed by atoms with Gasteiger partial charge in [-0.3, -0.25) is 0 Å². The standard InChI is InChI=1S/C15H27N5/c1-5-13-14(6-2)18-19-15(17-13)20-9-7-8-12(10-20)11(3)16-4/h11-12,16H,5-10H2,1-4H3. The summed E-state index contributed by atoms with van der Waals surface area (Å²) in [7, 11) is 2.03. The lowest BCUT2D eigenvalue weighted by atomic mass is 9.92. The third kappa shape index (κ3) is 3.26.